The molecule has 12 nitrogen and oxygen atoms in total. The fraction of sp³-hybridized carbons (Fsp3) is 0.0164. The van der Waals surface area contributed by atoms with Crippen LogP contribution in [0.5, 0.6) is 0 Å². The highest BCUT2D eigenvalue weighted by atomic mass is 79.9. The summed E-state index contributed by atoms with van der Waals surface area (Å²) in [5.74, 6) is -0.449. The first-order chi connectivity index (χ1) is 36.7. The molecule has 0 fully saturated rings. The molecule has 75 heavy (non-hydrogen) atoms. The van der Waals surface area contributed by atoms with Crippen molar-refractivity contribution in [2.75, 3.05) is 16.0 Å². The molecule has 0 aliphatic carbocycles. The molecule has 0 spiro atoms. The van der Waals surface area contributed by atoms with Crippen molar-refractivity contribution in [3.05, 3.63) is 268 Å². The number of anilines is 3. The zero-order valence-electron chi connectivity index (χ0n) is 40.0. The minimum atomic E-state index is -0.175. The molecule has 0 aliphatic heterocycles. The molecule has 14 heteroatoms. The minimum absolute atomic E-state index is 0.0543. The third-order valence-corrected chi connectivity index (χ3v) is 12.9. The fourth-order valence-corrected chi connectivity index (χ4v) is 8.70. The average molecular weight is 1070 g/mol. The average Bonchev–Trinajstić information content (AvgIpc) is 4.29. The Hall–Kier alpha value is -9.43. The molecular weight excluding hydrogens is 1020 g/mol. The van der Waals surface area contributed by atoms with Gasteiger partial charge in [0.05, 0.1) is 38.7 Å². The monoisotopic (exact) mass is 1070 g/mol. The van der Waals surface area contributed by atoms with Crippen molar-refractivity contribution in [1.82, 2.24) is 25.3 Å². The summed E-state index contributed by atoms with van der Waals surface area (Å²) < 4.78 is 0.864. The topological polar surface area (TPSA) is 180 Å². The summed E-state index contributed by atoms with van der Waals surface area (Å²) >= 11 is 9.44. The highest BCUT2D eigenvalue weighted by Crippen LogP contribution is 2.26. The number of hydrogen-bond donors (Lipinski definition) is 8. The largest absolute Gasteiger partial charge is 0.360 e. The van der Waals surface area contributed by atoms with E-state index in [4.69, 9.17) is 11.6 Å². The number of hydrogen-bond acceptors (Lipinski definition) is 4. The smallest absolute Gasteiger partial charge is 0.257 e. The van der Waals surface area contributed by atoms with Crippen molar-refractivity contribution in [3.8, 4) is 0 Å². The van der Waals surface area contributed by atoms with Crippen LogP contribution < -0.4 is 21.3 Å². The maximum absolute atomic E-state index is 12.3. The summed E-state index contributed by atoms with van der Waals surface area (Å²) in [6.45, 7) is 0.541. The van der Waals surface area contributed by atoms with E-state index in [2.05, 4.69) is 57.1 Å². The summed E-state index contributed by atoms with van der Waals surface area (Å²) in [6, 6.07) is 65.0. The molecule has 4 amide bonds. The molecule has 4 heterocycles. The number of halogens is 2. The van der Waals surface area contributed by atoms with Crippen molar-refractivity contribution < 1.29 is 19.2 Å². The first kappa shape index (κ1) is 50.5. The van der Waals surface area contributed by atoms with Crippen molar-refractivity contribution in [3.63, 3.8) is 0 Å². The van der Waals surface area contributed by atoms with Gasteiger partial charge in [-0.15, -0.1) is 0 Å². The SMILES string of the molecule is O=C(NCc1ccccc1)c1c[nH]c2ccccc12.O=C(Nc1ccccc1)c1c[nH]c2ccccc12.O=C(Nc1ccccc1Br)c1c[nH]c2ccccc12.O=C(Nc1ccccc1Cl)c1c[nH]c2ccccc12. The molecule has 12 rings (SSSR count). The van der Waals surface area contributed by atoms with Crippen LogP contribution in [0.3, 0.4) is 0 Å². The predicted octanol–water partition coefficient (Wildman–Crippen LogP) is 14.8. The zero-order valence-corrected chi connectivity index (χ0v) is 42.4. The second-order valence-corrected chi connectivity index (χ2v) is 18.1. The van der Waals surface area contributed by atoms with Gasteiger partial charge in [0.15, 0.2) is 0 Å². The number of carbonyl (C=O) groups excluding carboxylic acids is 4. The van der Waals surface area contributed by atoms with Gasteiger partial charge in [-0.3, -0.25) is 19.2 Å². The first-order valence-corrected chi connectivity index (χ1v) is 24.9. The van der Waals surface area contributed by atoms with Gasteiger partial charge < -0.3 is 41.2 Å². The van der Waals surface area contributed by atoms with E-state index in [-0.39, 0.29) is 23.6 Å². The highest BCUT2D eigenvalue weighted by molar-refractivity contribution is 9.10. The molecule has 0 aliphatic rings. The van der Waals surface area contributed by atoms with Gasteiger partial charge in [-0.2, -0.15) is 0 Å². The van der Waals surface area contributed by atoms with Crippen LogP contribution in [0.15, 0.2) is 236 Å². The van der Waals surface area contributed by atoms with E-state index in [9.17, 15) is 19.2 Å². The van der Waals surface area contributed by atoms with E-state index in [1.54, 1.807) is 36.9 Å². The molecule has 12 aromatic rings. The van der Waals surface area contributed by atoms with Gasteiger partial charge in [-0.1, -0.05) is 157 Å². The van der Waals surface area contributed by atoms with E-state index in [0.29, 0.717) is 39.5 Å². The maximum atomic E-state index is 12.3. The van der Waals surface area contributed by atoms with Crippen LogP contribution in [-0.2, 0) is 6.54 Å². The van der Waals surface area contributed by atoms with E-state index in [1.807, 2.05) is 194 Å². The number of aromatic amines is 4. The van der Waals surface area contributed by atoms with Crippen molar-refractivity contribution in [1.29, 1.82) is 0 Å². The van der Waals surface area contributed by atoms with Gasteiger partial charge >= 0.3 is 0 Å². The van der Waals surface area contributed by atoms with Crippen molar-refractivity contribution in [2.45, 2.75) is 6.54 Å². The van der Waals surface area contributed by atoms with Crippen LogP contribution in [0, 0.1) is 0 Å². The molecule has 0 saturated heterocycles. The lowest BCUT2D eigenvalue weighted by molar-refractivity contribution is 0.0950. The van der Waals surface area contributed by atoms with Crippen LogP contribution in [0.1, 0.15) is 47.0 Å². The number of nitrogens with one attached hydrogen (secondary N) is 8. The Morgan fingerprint density at radius 1 is 0.373 bits per heavy atom. The van der Waals surface area contributed by atoms with Crippen molar-refractivity contribution in [2.24, 2.45) is 0 Å². The Morgan fingerprint density at radius 3 is 1.17 bits per heavy atom. The molecule has 8 N–H and O–H groups in total. The zero-order chi connectivity index (χ0) is 51.9. The van der Waals surface area contributed by atoms with Gasteiger partial charge in [-0.05, 0) is 82.2 Å². The molecule has 0 radical (unpaired) electrons. The lowest BCUT2D eigenvalue weighted by atomic mass is 10.1. The molecule has 0 atom stereocenters. The second kappa shape index (κ2) is 24.3. The number of amides is 4. The number of carbonyl (C=O) groups is 4. The predicted molar refractivity (Wildman–Crippen MR) is 307 cm³/mol. The lowest BCUT2D eigenvalue weighted by Gasteiger charge is -2.06. The molecule has 370 valence electrons. The number of H-pyrrole nitrogens is 4. The third-order valence-electron chi connectivity index (χ3n) is 11.9. The van der Waals surface area contributed by atoms with E-state index in [0.717, 1.165) is 65.0 Å². The summed E-state index contributed by atoms with van der Waals surface area (Å²) in [5, 5.41) is 15.8. The van der Waals surface area contributed by atoms with Gasteiger partial charge in [0, 0.05) is 85.1 Å². The van der Waals surface area contributed by atoms with Gasteiger partial charge in [-0.25, -0.2) is 0 Å². The Labute approximate surface area is 444 Å². The molecule has 0 saturated carbocycles. The normalized spacial score (nSPS) is 10.5. The molecule has 8 aromatic carbocycles. The number of rotatable bonds is 9. The van der Waals surface area contributed by atoms with Crippen LogP contribution >= 0.6 is 27.5 Å². The van der Waals surface area contributed by atoms with E-state index in [1.165, 1.54) is 0 Å². The number of benzene rings is 8. The summed E-state index contributed by atoms with van der Waals surface area (Å²) in [5.41, 5.74) is 9.71. The van der Waals surface area contributed by atoms with E-state index >= 15 is 0 Å². The summed E-state index contributed by atoms with van der Waals surface area (Å²) in [7, 11) is 0. The van der Waals surface area contributed by atoms with Crippen LogP contribution in [0.2, 0.25) is 5.02 Å². The Morgan fingerprint density at radius 2 is 0.720 bits per heavy atom. The van der Waals surface area contributed by atoms with Crippen molar-refractivity contribution >= 4 is 112 Å². The summed E-state index contributed by atoms with van der Waals surface area (Å²) in [6.07, 6.45) is 6.93. The van der Waals surface area contributed by atoms with Gasteiger partial charge in [0.2, 0.25) is 0 Å². The molecule has 0 unspecified atom stereocenters. The lowest BCUT2D eigenvalue weighted by Crippen LogP contribution is -2.22. The highest BCUT2D eigenvalue weighted by Gasteiger charge is 2.16. The van der Waals surface area contributed by atoms with Gasteiger partial charge in [0.25, 0.3) is 23.6 Å². The number of para-hydroxylation sites is 7. The van der Waals surface area contributed by atoms with Crippen LogP contribution in [0.25, 0.3) is 43.6 Å². The fourth-order valence-electron chi connectivity index (χ4n) is 8.14. The maximum Gasteiger partial charge on any atom is 0.257 e. The van der Waals surface area contributed by atoms with Gasteiger partial charge in [0.1, 0.15) is 0 Å². The van der Waals surface area contributed by atoms with Crippen LogP contribution in [0.4, 0.5) is 17.1 Å². The Bertz CT molecular complexity index is 3770. The molecule has 0 bridgehead atoms. The van der Waals surface area contributed by atoms with E-state index < -0.39 is 0 Å². The summed E-state index contributed by atoms with van der Waals surface area (Å²) in [4.78, 5) is 61.2. The quantitative estimate of drug-likeness (QED) is 0.0717. The third kappa shape index (κ3) is 12.6. The Kier molecular flexibility index (Phi) is 16.4. The number of aromatic nitrogens is 4. The van der Waals surface area contributed by atoms with Crippen LogP contribution in [-0.4, -0.2) is 43.6 Å². The molecule has 4 aromatic heterocycles. The standard InChI is InChI=1S/C16H14N2O.C15H11BrN2O.C15H11ClN2O.C15H12N2O/c19-16(18-10-12-6-2-1-3-7-12)14-11-17-15-9-5-4-8-13(14)15;2*16-12-6-2-4-8-14(12)18-15(19)11-9-17-13-7-3-1-5-10(11)13;18-15(17-11-6-2-1-3-7-11)13-10-16-14-9-5-4-8-12(13)14/h1-9,11,17H,10H2,(H,18,19);2*1-9,17H,(H,18,19);1-10,16H,(H,17,18). The minimum Gasteiger partial charge on any atom is -0.360 e. The Balaban J connectivity index is 0.000000122. The second-order valence-electron chi connectivity index (χ2n) is 16.8. The first-order valence-electron chi connectivity index (χ1n) is 23.7. The molecular formula is C61H48BrClN8O4. The number of fused-ring (bicyclic) bond motifs is 4.